The van der Waals surface area contributed by atoms with Crippen LogP contribution in [-0.2, 0) is 9.59 Å². The Kier molecular flexibility index (Phi) is 4.76. The Balaban J connectivity index is 1.64. The van der Waals surface area contributed by atoms with Gasteiger partial charge in [0.15, 0.2) is 0 Å². The second-order valence-electron chi connectivity index (χ2n) is 5.71. The van der Waals surface area contributed by atoms with Crippen molar-refractivity contribution in [3.05, 3.63) is 53.2 Å². The number of benzene rings is 1. The van der Waals surface area contributed by atoms with Gasteiger partial charge in [-0.3, -0.25) is 9.59 Å². The summed E-state index contributed by atoms with van der Waals surface area (Å²) in [4.78, 5) is 26.9. The maximum Gasteiger partial charge on any atom is 0.246 e. The molecule has 0 bridgehead atoms. The molecule has 0 aliphatic carbocycles. The van der Waals surface area contributed by atoms with E-state index in [9.17, 15) is 14.0 Å². The molecule has 0 radical (unpaired) electrons. The number of likely N-dealkylation sites (tertiary alicyclic amines) is 1. The minimum absolute atomic E-state index is 0.115. The van der Waals surface area contributed by atoms with Crippen molar-refractivity contribution in [1.29, 1.82) is 0 Å². The number of primary amides is 1. The third kappa shape index (κ3) is 3.71. The molecule has 0 spiro atoms. The lowest BCUT2D eigenvalue weighted by molar-refractivity contribution is -0.125. The molecule has 2 N–H and O–H groups in total. The van der Waals surface area contributed by atoms with Gasteiger partial charge >= 0.3 is 0 Å². The first-order valence-electron chi connectivity index (χ1n) is 7.65. The van der Waals surface area contributed by atoms with Gasteiger partial charge in [-0.1, -0.05) is 12.1 Å². The van der Waals surface area contributed by atoms with Gasteiger partial charge < -0.3 is 10.6 Å². The van der Waals surface area contributed by atoms with E-state index in [0.717, 1.165) is 15.3 Å². The molecule has 1 aliphatic heterocycles. The van der Waals surface area contributed by atoms with Crippen LogP contribution in [-0.4, -0.2) is 29.8 Å². The van der Waals surface area contributed by atoms with Crippen molar-refractivity contribution in [3.8, 4) is 10.4 Å². The first-order chi connectivity index (χ1) is 11.5. The van der Waals surface area contributed by atoms with Crippen molar-refractivity contribution in [1.82, 2.24) is 4.90 Å². The predicted octanol–water partition coefficient (Wildman–Crippen LogP) is 2.90. The summed E-state index contributed by atoms with van der Waals surface area (Å²) in [6.07, 6.45) is 3.91. The van der Waals surface area contributed by atoms with Crippen molar-refractivity contribution < 1.29 is 14.0 Å². The molecule has 3 rings (SSSR count). The van der Waals surface area contributed by atoms with Crippen LogP contribution in [0.1, 0.15) is 11.3 Å². The lowest BCUT2D eigenvalue weighted by Crippen LogP contribution is -2.30. The molecule has 24 heavy (non-hydrogen) atoms. The van der Waals surface area contributed by atoms with E-state index in [1.165, 1.54) is 29.5 Å². The molecule has 2 heterocycles. The summed E-state index contributed by atoms with van der Waals surface area (Å²) >= 11 is 1.53. The third-order valence-corrected chi connectivity index (χ3v) is 5.15. The highest BCUT2D eigenvalue weighted by Gasteiger charge is 2.28. The Hall–Kier alpha value is -2.47. The SMILES string of the molecule is NC(=O)[C@@H]1CCN(C(=O)/C=C/c2ccc(-c3ccc(F)cc3)s2)C1. The smallest absolute Gasteiger partial charge is 0.246 e. The fourth-order valence-corrected chi connectivity index (χ4v) is 3.58. The molecule has 1 aromatic heterocycles. The number of rotatable bonds is 4. The molecule has 124 valence electrons. The first-order valence-corrected chi connectivity index (χ1v) is 8.46. The zero-order chi connectivity index (χ0) is 17.1. The Labute approximate surface area is 143 Å². The van der Waals surface area contributed by atoms with Gasteiger partial charge in [0, 0.05) is 28.9 Å². The van der Waals surface area contributed by atoms with Crippen molar-refractivity contribution in [2.75, 3.05) is 13.1 Å². The van der Waals surface area contributed by atoms with Gasteiger partial charge in [0.1, 0.15) is 5.82 Å². The zero-order valence-electron chi connectivity index (χ0n) is 12.9. The molecule has 1 aromatic carbocycles. The Morgan fingerprint density at radius 2 is 1.96 bits per heavy atom. The summed E-state index contributed by atoms with van der Waals surface area (Å²) in [6.45, 7) is 0.950. The van der Waals surface area contributed by atoms with Gasteiger partial charge in [0.25, 0.3) is 0 Å². The van der Waals surface area contributed by atoms with Crippen molar-refractivity contribution >= 4 is 29.2 Å². The van der Waals surface area contributed by atoms with Crippen LogP contribution in [0.5, 0.6) is 0 Å². The molecule has 1 atom stereocenters. The summed E-state index contributed by atoms with van der Waals surface area (Å²) < 4.78 is 13.0. The van der Waals surface area contributed by atoms with Crippen LogP contribution in [0.4, 0.5) is 4.39 Å². The number of thiophene rings is 1. The molecule has 0 unspecified atom stereocenters. The van der Waals surface area contributed by atoms with Gasteiger partial charge in [0.2, 0.25) is 11.8 Å². The molecule has 2 amide bonds. The minimum atomic E-state index is -0.350. The van der Waals surface area contributed by atoms with Crippen LogP contribution in [0.2, 0.25) is 0 Å². The average molecular weight is 344 g/mol. The molecule has 6 heteroatoms. The number of amides is 2. The summed E-state index contributed by atoms with van der Waals surface area (Å²) in [5.41, 5.74) is 6.22. The molecule has 0 saturated carbocycles. The van der Waals surface area contributed by atoms with Crippen LogP contribution >= 0.6 is 11.3 Å². The number of carbonyl (C=O) groups is 2. The summed E-state index contributed by atoms with van der Waals surface area (Å²) in [5.74, 6) is -0.970. The van der Waals surface area contributed by atoms with Gasteiger partial charge in [-0.05, 0) is 42.3 Å². The second kappa shape index (κ2) is 6.97. The fourth-order valence-electron chi connectivity index (χ4n) is 2.66. The van der Waals surface area contributed by atoms with Crippen molar-refractivity contribution in [3.63, 3.8) is 0 Å². The molecule has 1 fully saturated rings. The predicted molar refractivity (Wildman–Crippen MR) is 92.6 cm³/mol. The lowest BCUT2D eigenvalue weighted by atomic mass is 10.1. The number of nitrogens with two attached hydrogens (primary N) is 1. The van der Waals surface area contributed by atoms with Gasteiger partial charge in [-0.2, -0.15) is 0 Å². The largest absolute Gasteiger partial charge is 0.369 e. The number of nitrogens with zero attached hydrogens (tertiary/aromatic N) is 1. The summed E-state index contributed by atoms with van der Waals surface area (Å²) in [7, 11) is 0. The van der Waals surface area contributed by atoms with E-state index in [2.05, 4.69) is 0 Å². The minimum Gasteiger partial charge on any atom is -0.369 e. The van der Waals surface area contributed by atoms with E-state index in [-0.39, 0.29) is 23.5 Å². The fraction of sp³-hybridized carbons (Fsp3) is 0.222. The Bertz CT molecular complexity index is 783. The standard InChI is InChI=1S/C18H17FN2O2S/c19-14-3-1-12(2-4-14)16-7-5-15(24-16)6-8-17(22)21-10-9-13(11-21)18(20)23/h1-8,13H,9-11H2,(H2,20,23)/b8-6+/t13-/m1/s1. The maximum absolute atomic E-state index is 13.0. The number of hydrogen-bond acceptors (Lipinski definition) is 3. The third-order valence-electron chi connectivity index (χ3n) is 4.05. The maximum atomic E-state index is 13.0. The topological polar surface area (TPSA) is 63.4 Å². The van der Waals surface area contributed by atoms with E-state index in [1.807, 2.05) is 12.1 Å². The van der Waals surface area contributed by atoms with E-state index in [1.54, 1.807) is 23.1 Å². The van der Waals surface area contributed by atoms with E-state index >= 15 is 0 Å². The zero-order valence-corrected chi connectivity index (χ0v) is 13.8. The van der Waals surface area contributed by atoms with Crippen molar-refractivity contribution in [2.45, 2.75) is 6.42 Å². The highest BCUT2D eigenvalue weighted by atomic mass is 32.1. The Morgan fingerprint density at radius 1 is 1.21 bits per heavy atom. The summed E-state index contributed by atoms with van der Waals surface area (Å²) in [6, 6.07) is 10.2. The second-order valence-corrected chi connectivity index (χ2v) is 6.83. The van der Waals surface area contributed by atoms with Crippen LogP contribution < -0.4 is 5.73 Å². The summed E-state index contributed by atoms with van der Waals surface area (Å²) in [5, 5.41) is 0. The molecule has 2 aromatic rings. The quantitative estimate of drug-likeness (QED) is 0.867. The van der Waals surface area contributed by atoms with Gasteiger partial charge in [-0.25, -0.2) is 4.39 Å². The van der Waals surface area contributed by atoms with Crippen LogP contribution in [0.3, 0.4) is 0 Å². The monoisotopic (exact) mass is 344 g/mol. The molecule has 1 saturated heterocycles. The van der Waals surface area contributed by atoms with Crippen LogP contribution in [0, 0.1) is 11.7 Å². The number of hydrogen-bond donors (Lipinski definition) is 1. The molecule has 4 nitrogen and oxygen atoms in total. The first kappa shape index (κ1) is 16.4. The molecule has 1 aliphatic rings. The van der Waals surface area contributed by atoms with E-state index in [4.69, 9.17) is 5.73 Å². The highest BCUT2D eigenvalue weighted by molar-refractivity contribution is 7.16. The van der Waals surface area contributed by atoms with Crippen LogP contribution in [0.25, 0.3) is 16.5 Å². The normalized spacial score (nSPS) is 17.5. The highest BCUT2D eigenvalue weighted by Crippen LogP contribution is 2.29. The average Bonchev–Trinajstić information content (AvgIpc) is 3.23. The van der Waals surface area contributed by atoms with Crippen LogP contribution in [0.15, 0.2) is 42.5 Å². The Morgan fingerprint density at radius 3 is 2.62 bits per heavy atom. The number of halogens is 1. The lowest BCUT2D eigenvalue weighted by Gasteiger charge is -2.12. The molecular weight excluding hydrogens is 327 g/mol. The van der Waals surface area contributed by atoms with Gasteiger partial charge in [0.05, 0.1) is 5.92 Å². The van der Waals surface area contributed by atoms with E-state index in [0.29, 0.717) is 19.5 Å². The van der Waals surface area contributed by atoms with Gasteiger partial charge in [-0.15, -0.1) is 11.3 Å². The van der Waals surface area contributed by atoms with E-state index < -0.39 is 0 Å². The van der Waals surface area contributed by atoms with Crippen molar-refractivity contribution in [2.24, 2.45) is 11.7 Å². The number of carbonyl (C=O) groups excluding carboxylic acids is 2. The molecular formula is C18H17FN2O2S.